The molecule has 1 N–H and O–H groups in total. The minimum atomic E-state index is 0.642. The lowest BCUT2D eigenvalue weighted by atomic mass is 10.2. The quantitative estimate of drug-likeness (QED) is 0.884. The third kappa shape index (κ3) is 3.06. The number of hydrogen-bond acceptors (Lipinski definition) is 4. The zero-order valence-electron chi connectivity index (χ0n) is 9.16. The number of anilines is 1. The standard InChI is InChI=1S/C11H13BrN2S2/c1-7(2)5-13-11-14-8(6-15-11)9-3-4-10(12)16-9/h3-4,6-7H,5H2,1-2H3,(H,13,14). The average Bonchev–Trinajstić information content (AvgIpc) is 2.83. The van der Waals surface area contributed by atoms with Gasteiger partial charge in [-0.2, -0.15) is 0 Å². The van der Waals surface area contributed by atoms with Crippen LogP contribution in [0, 0.1) is 5.92 Å². The fraction of sp³-hybridized carbons (Fsp3) is 0.364. The van der Waals surface area contributed by atoms with Gasteiger partial charge in [-0.25, -0.2) is 4.98 Å². The summed E-state index contributed by atoms with van der Waals surface area (Å²) in [5.74, 6) is 0.642. The van der Waals surface area contributed by atoms with E-state index in [2.05, 4.69) is 57.6 Å². The second-order valence-electron chi connectivity index (χ2n) is 3.92. The van der Waals surface area contributed by atoms with E-state index in [1.165, 1.54) is 4.88 Å². The molecule has 0 radical (unpaired) electrons. The zero-order valence-corrected chi connectivity index (χ0v) is 12.4. The molecule has 2 nitrogen and oxygen atoms in total. The Kier molecular flexibility index (Phi) is 4.00. The molecule has 5 heteroatoms. The van der Waals surface area contributed by atoms with Crippen LogP contribution in [0.5, 0.6) is 0 Å². The largest absolute Gasteiger partial charge is 0.361 e. The van der Waals surface area contributed by atoms with Crippen LogP contribution in [0.4, 0.5) is 5.13 Å². The molecule has 0 saturated heterocycles. The third-order valence-electron chi connectivity index (χ3n) is 1.99. The van der Waals surface area contributed by atoms with E-state index >= 15 is 0 Å². The van der Waals surface area contributed by atoms with Gasteiger partial charge in [0.2, 0.25) is 0 Å². The van der Waals surface area contributed by atoms with Gasteiger partial charge in [0.15, 0.2) is 5.13 Å². The van der Waals surface area contributed by atoms with E-state index in [0.29, 0.717) is 5.92 Å². The Balaban J connectivity index is 2.07. The third-order valence-corrected chi connectivity index (χ3v) is 4.44. The summed E-state index contributed by atoms with van der Waals surface area (Å²) >= 11 is 6.84. The summed E-state index contributed by atoms with van der Waals surface area (Å²) in [7, 11) is 0. The molecule has 2 aromatic heterocycles. The van der Waals surface area contributed by atoms with E-state index in [1.54, 1.807) is 22.7 Å². The smallest absolute Gasteiger partial charge is 0.183 e. The Hall–Kier alpha value is -0.390. The summed E-state index contributed by atoms with van der Waals surface area (Å²) in [6, 6.07) is 4.15. The van der Waals surface area contributed by atoms with E-state index in [4.69, 9.17) is 0 Å². The molecule has 0 amide bonds. The van der Waals surface area contributed by atoms with E-state index in [-0.39, 0.29) is 0 Å². The summed E-state index contributed by atoms with van der Waals surface area (Å²) in [5, 5.41) is 6.45. The fourth-order valence-electron chi connectivity index (χ4n) is 1.21. The number of halogens is 1. The number of thiophene rings is 1. The van der Waals surface area contributed by atoms with Gasteiger partial charge < -0.3 is 5.32 Å². The highest BCUT2D eigenvalue weighted by atomic mass is 79.9. The highest BCUT2D eigenvalue weighted by Gasteiger charge is 2.06. The lowest BCUT2D eigenvalue weighted by Gasteiger charge is -2.04. The van der Waals surface area contributed by atoms with Crippen molar-refractivity contribution in [3.05, 3.63) is 21.3 Å². The van der Waals surface area contributed by atoms with Gasteiger partial charge in [-0.05, 0) is 34.0 Å². The molecule has 86 valence electrons. The van der Waals surface area contributed by atoms with Crippen LogP contribution in [-0.2, 0) is 0 Å². The van der Waals surface area contributed by atoms with Crippen molar-refractivity contribution < 1.29 is 0 Å². The van der Waals surface area contributed by atoms with Crippen LogP contribution in [0.3, 0.4) is 0 Å². The van der Waals surface area contributed by atoms with Crippen molar-refractivity contribution in [2.24, 2.45) is 5.92 Å². The van der Waals surface area contributed by atoms with Gasteiger partial charge in [0, 0.05) is 11.9 Å². The second-order valence-corrected chi connectivity index (χ2v) is 7.24. The van der Waals surface area contributed by atoms with Crippen LogP contribution in [0.1, 0.15) is 13.8 Å². The first-order valence-electron chi connectivity index (χ1n) is 5.10. The summed E-state index contributed by atoms with van der Waals surface area (Å²) in [6.07, 6.45) is 0. The van der Waals surface area contributed by atoms with Crippen LogP contribution in [0.15, 0.2) is 21.3 Å². The molecule has 0 saturated carbocycles. The second kappa shape index (κ2) is 5.29. The molecule has 0 unspecified atom stereocenters. The minimum absolute atomic E-state index is 0.642. The number of rotatable bonds is 4. The Morgan fingerprint density at radius 1 is 1.44 bits per heavy atom. The van der Waals surface area contributed by atoms with Crippen molar-refractivity contribution >= 4 is 43.7 Å². The van der Waals surface area contributed by atoms with Crippen LogP contribution in [0.25, 0.3) is 10.6 Å². The first kappa shape index (κ1) is 12.1. The minimum Gasteiger partial charge on any atom is -0.361 e. The van der Waals surface area contributed by atoms with Gasteiger partial charge in [0.25, 0.3) is 0 Å². The maximum absolute atomic E-state index is 4.56. The van der Waals surface area contributed by atoms with Gasteiger partial charge in [0.1, 0.15) is 0 Å². The monoisotopic (exact) mass is 316 g/mol. The summed E-state index contributed by atoms with van der Waals surface area (Å²) < 4.78 is 1.15. The Morgan fingerprint density at radius 2 is 2.25 bits per heavy atom. The lowest BCUT2D eigenvalue weighted by Crippen LogP contribution is -2.07. The molecule has 0 spiro atoms. The molecule has 0 aliphatic rings. The SMILES string of the molecule is CC(C)CNc1nc(-c2ccc(Br)s2)cs1. The van der Waals surface area contributed by atoms with Crippen molar-refractivity contribution in [1.82, 2.24) is 4.98 Å². The van der Waals surface area contributed by atoms with Gasteiger partial charge in [0.05, 0.1) is 14.4 Å². The molecule has 0 aliphatic carbocycles. The summed E-state index contributed by atoms with van der Waals surface area (Å²) in [4.78, 5) is 5.77. The molecule has 0 aliphatic heterocycles. The predicted molar refractivity (Wildman–Crippen MR) is 76.5 cm³/mol. The summed E-state index contributed by atoms with van der Waals surface area (Å²) in [5.41, 5.74) is 1.06. The number of hydrogen-bond donors (Lipinski definition) is 1. The topological polar surface area (TPSA) is 24.9 Å². The van der Waals surface area contributed by atoms with Crippen LogP contribution >= 0.6 is 38.6 Å². The molecule has 2 heterocycles. The molecule has 2 rings (SSSR count). The van der Waals surface area contributed by atoms with Crippen LogP contribution in [-0.4, -0.2) is 11.5 Å². The molecular weight excluding hydrogens is 304 g/mol. The Labute approximate surface area is 112 Å². The predicted octanol–water partition coefficient (Wildman–Crippen LogP) is 4.70. The number of nitrogens with zero attached hydrogens (tertiary/aromatic N) is 1. The van der Waals surface area contributed by atoms with Crippen molar-refractivity contribution in [3.63, 3.8) is 0 Å². The lowest BCUT2D eigenvalue weighted by molar-refractivity contribution is 0.688. The first-order valence-corrected chi connectivity index (χ1v) is 7.59. The molecular formula is C11H13BrN2S2. The number of thiazole rings is 1. The fourth-order valence-corrected chi connectivity index (χ4v) is 3.35. The molecule has 16 heavy (non-hydrogen) atoms. The van der Waals surface area contributed by atoms with E-state index < -0.39 is 0 Å². The normalized spacial score (nSPS) is 11.0. The average molecular weight is 317 g/mol. The maximum Gasteiger partial charge on any atom is 0.183 e. The van der Waals surface area contributed by atoms with Crippen molar-refractivity contribution in [3.8, 4) is 10.6 Å². The van der Waals surface area contributed by atoms with Crippen molar-refractivity contribution in [1.29, 1.82) is 0 Å². The van der Waals surface area contributed by atoms with Gasteiger partial charge >= 0.3 is 0 Å². The molecule has 0 atom stereocenters. The van der Waals surface area contributed by atoms with E-state index in [1.807, 2.05) is 0 Å². The Morgan fingerprint density at radius 3 is 2.88 bits per heavy atom. The summed E-state index contributed by atoms with van der Waals surface area (Å²) in [6.45, 7) is 5.36. The number of aromatic nitrogens is 1. The van der Waals surface area contributed by atoms with Gasteiger partial charge in [-0.1, -0.05) is 13.8 Å². The maximum atomic E-state index is 4.56. The molecule has 2 aromatic rings. The zero-order chi connectivity index (χ0) is 11.5. The highest BCUT2D eigenvalue weighted by Crippen LogP contribution is 2.32. The van der Waals surface area contributed by atoms with Crippen LogP contribution < -0.4 is 5.32 Å². The Bertz CT molecular complexity index is 462. The highest BCUT2D eigenvalue weighted by molar-refractivity contribution is 9.11. The molecule has 0 aromatic carbocycles. The molecule has 0 fully saturated rings. The van der Waals surface area contributed by atoms with Gasteiger partial charge in [-0.15, -0.1) is 22.7 Å². The van der Waals surface area contributed by atoms with Gasteiger partial charge in [-0.3, -0.25) is 0 Å². The van der Waals surface area contributed by atoms with E-state index in [9.17, 15) is 0 Å². The van der Waals surface area contributed by atoms with Crippen molar-refractivity contribution in [2.45, 2.75) is 13.8 Å². The first-order chi connectivity index (χ1) is 7.65. The van der Waals surface area contributed by atoms with Crippen molar-refractivity contribution in [2.75, 3.05) is 11.9 Å². The molecule has 0 bridgehead atoms. The number of nitrogens with one attached hydrogen (secondary N) is 1. The van der Waals surface area contributed by atoms with E-state index in [0.717, 1.165) is 21.2 Å². The van der Waals surface area contributed by atoms with Crippen LogP contribution in [0.2, 0.25) is 0 Å².